The van der Waals surface area contributed by atoms with Crippen LogP contribution < -0.4 is 15.1 Å². The van der Waals surface area contributed by atoms with Crippen molar-refractivity contribution in [3.8, 4) is 11.3 Å². The van der Waals surface area contributed by atoms with Crippen LogP contribution >= 0.6 is 0 Å². The number of likely N-dealkylation sites (N-methyl/N-ethyl adjacent to an activating group) is 1. The van der Waals surface area contributed by atoms with Crippen molar-refractivity contribution < 1.29 is 32.6 Å². The smallest absolute Gasteiger partial charge is 0.475 e. The summed E-state index contributed by atoms with van der Waals surface area (Å²) in [7, 11) is 0. The molecule has 1 saturated heterocycles. The van der Waals surface area contributed by atoms with Crippen molar-refractivity contribution in [3.63, 3.8) is 0 Å². The van der Waals surface area contributed by atoms with Crippen LogP contribution in [0.4, 0.5) is 30.6 Å². The largest absolute Gasteiger partial charge is 0.490 e. The number of fused-ring (bicyclic) bond motifs is 1. The molecule has 2 aliphatic heterocycles. The maximum Gasteiger partial charge on any atom is 0.490 e. The minimum Gasteiger partial charge on any atom is -0.475 e. The van der Waals surface area contributed by atoms with E-state index >= 15 is 0 Å². The van der Waals surface area contributed by atoms with Crippen molar-refractivity contribution in [2.75, 3.05) is 68.8 Å². The minimum atomic E-state index is -5.08. The normalized spacial score (nSPS) is 14.6. The number of amides is 1. The lowest BCUT2D eigenvalue weighted by Gasteiger charge is -2.28. The Balaban J connectivity index is 0.000000566. The molecule has 0 saturated carbocycles. The number of carboxylic acid groups (broad SMARTS) is 1. The van der Waals surface area contributed by atoms with Crippen LogP contribution in [-0.4, -0.2) is 102 Å². The summed E-state index contributed by atoms with van der Waals surface area (Å²) >= 11 is 0. The SMILES string of the molecule is CCN(CC)CCNC(=O)c1cccc(-c2nc(N3CCOCC3)nc3c2CCN3c2ccncc2)c1.O=C(O)C(F)(F)F. The zero-order valence-electron chi connectivity index (χ0n) is 24.7. The van der Waals surface area contributed by atoms with Gasteiger partial charge in [-0.1, -0.05) is 26.0 Å². The molecule has 1 fully saturated rings. The molecular formula is C30H36F3N7O4. The lowest BCUT2D eigenvalue weighted by atomic mass is 10.0. The van der Waals surface area contributed by atoms with Crippen molar-refractivity contribution >= 4 is 29.3 Å². The highest BCUT2D eigenvalue weighted by molar-refractivity contribution is 5.95. The second-order valence-electron chi connectivity index (χ2n) is 10.0. The zero-order valence-corrected chi connectivity index (χ0v) is 24.7. The average Bonchev–Trinajstić information content (AvgIpc) is 3.47. The Morgan fingerprint density at radius 2 is 1.73 bits per heavy atom. The number of pyridine rings is 1. The monoisotopic (exact) mass is 615 g/mol. The number of alkyl halides is 3. The highest BCUT2D eigenvalue weighted by Gasteiger charge is 2.38. The van der Waals surface area contributed by atoms with Crippen LogP contribution in [0.2, 0.25) is 0 Å². The van der Waals surface area contributed by atoms with Crippen molar-refractivity contribution in [1.29, 1.82) is 0 Å². The van der Waals surface area contributed by atoms with Gasteiger partial charge in [-0.3, -0.25) is 9.78 Å². The van der Waals surface area contributed by atoms with E-state index in [4.69, 9.17) is 24.6 Å². The summed E-state index contributed by atoms with van der Waals surface area (Å²) in [6.07, 6.45) is -0.641. The van der Waals surface area contributed by atoms with Crippen LogP contribution in [0.15, 0.2) is 48.8 Å². The van der Waals surface area contributed by atoms with Gasteiger partial charge in [0.1, 0.15) is 5.82 Å². The molecule has 5 rings (SSSR count). The van der Waals surface area contributed by atoms with Gasteiger partial charge in [0.2, 0.25) is 5.95 Å². The number of nitrogens with zero attached hydrogens (tertiary/aromatic N) is 6. The first-order valence-corrected chi connectivity index (χ1v) is 14.4. The van der Waals surface area contributed by atoms with E-state index in [-0.39, 0.29) is 5.91 Å². The predicted molar refractivity (Wildman–Crippen MR) is 159 cm³/mol. The van der Waals surface area contributed by atoms with Crippen LogP contribution in [0.5, 0.6) is 0 Å². The van der Waals surface area contributed by atoms with Gasteiger partial charge in [-0.2, -0.15) is 18.2 Å². The number of halogens is 3. The molecule has 2 N–H and O–H groups in total. The fourth-order valence-electron chi connectivity index (χ4n) is 4.94. The van der Waals surface area contributed by atoms with Gasteiger partial charge in [0, 0.05) is 67.5 Å². The maximum atomic E-state index is 13.0. The number of carbonyl (C=O) groups is 2. The Hall–Kier alpha value is -4.30. The van der Waals surface area contributed by atoms with Crippen molar-refractivity contribution in [2.24, 2.45) is 0 Å². The molecule has 11 nitrogen and oxygen atoms in total. The number of ether oxygens (including phenoxy) is 1. The van der Waals surface area contributed by atoms with E-state index in [0.717, 1.165) is 74.0 Å². The van der Waals surface area contributed by atoms with Gasteiger partial charge in [0.05, 0.1) is 18.9 Å². The fraction of sp³-hybridized carbons (Fsp3) is 0.433. The Morgan fingerprint density at radius 1 is 1.05 bits per heavy atom. The third-order valence-corrected chi connectivity index (χ3v) is 7.33. The number of rotatable bonds is 9. The number of hydrogen-bond donors (Lipinski definition) is 2. The molecule has 0 spiro atoms. The van der Waals surface area contributed by atoms with Crippen LogP contribution in [-0.2, 0) is 16.0 Å². The second kappa shape index (κ2) is 14.9. The Bertz CT molecular complexity index is 1420. The topological polar surface area (TPSA) is 124 Å². The Kier molecular flexibility index (Phi) is 11.1. The number of hydrogen-bond acceptors (Lipinski definition) is 9. The van der Waals surface area contributed by atoms with Crippen molar-refractivity contribution in [3.05, 3.63) is 59.9 Å². The number of nitrogens with one attached hydrogen (secondary N) is 1. The molecule has 4 heterocycles. The van der Waals surface area contributed by atoms with E-state index in [1.165, 1.54) is 0 Å². The summed E-state index contributed by atoms with van der Waals surface area (Å²) in [5, 5.41) is 10.2. The number of benzene rings is 1. The molecule has 1 aromatic carbocycles. The van der Waals surface area contributed by atoms with E-state index in [0.29, 0.717) is 31.3 Å². The van der Waals surface area contributed by atoms with Crippen LogP contribution in [0.1, 0.15) is 29.8 Å². The van der Waals surface area contributed by atoms with Crippen LogP contribution in [0.3, 0.4) is 0 Å². The lowest BCUT2D eigenvalue weighted by Crippen LogP contribution is -2.37. The molecule has 2 aliphatic rings. The first-order chi connectivity index (χ1) is 21.1. The molecule has 44 heavy (non-hydrogen) atoms. The predicted octanol–water partition coefficient (Wildman–Crippen LogP) is 3.77. The molecule has 0 aliphatic carbocycles. The number of aromatic nitrogens is 3. The first-order valence-electron chi connectivity index (χ1n) is 14.4. The third-order valence-electron chi connectivity index (χ3n) is 7.33. The van der Waals surface area contributed by atoms with Gasteiger partial charge in [0.25, 0.3) is 5.91 Å². The van der Waals surface area contributed by atoms with E-state index < -0.39 is 12.1 Å². The molecule has 2 aromatic heterocycles. The molecule has 0 unspecified atom stereocenters. The van der Waals surface area contributed by atoms with Crippen molar-refractivity contribution in [2.45, 2.75) is 26.4 Å². The quantitative estimate of drug-likeness (QED) is 0.368. The minimum absolute atomic E-state index is 0.0634. The number of anilines is 3. The molecule has 0 radical (unpaired) electrons. The van der Waals surface area contributed by atoms with E-state index in [2.05, 4.69) is 38.8 Å². The van der Waals surface area contributed by atoms with Gasteiger partial charge in [0.15, 0.2) is 0 Å². The summed E-state index contributed by atoms with van der Waals surface area (Å²) in [6, 6.07) is 11.8. The van der Waals surface area contributed by atoms with Gasteiger partial charge in [-0.05, 0) is 43.8 Å². The number of carboxylic acids is 1. The summed E-state index contributed by atoms with van der Waals surface area (Å²) in [4.78, 5) is 42.8. The van der Waals surface area contributed by atoms with Gasteiger partial charge >= 0.3 is 12.1 Å². The van der Waals surface area contributed by atoms with Crippen LogP contribution in [0, 0.1) is 0 Å². The second-order valence-corrected chi connectivity index (χ2v) is 10.0. The van der Waals surface area contributed by atoms with Gasteiger partial charge in [-0.25, -0.2) is 9.78 Å². The standard InChI is InChI=1S/C28H35N7O2.C2HF3O2/c1-3-33(4-2)15-13-30-27(36)22-7-5-6-21(20-22)25-24-10-14-35(23-8-11-29-12-9-23)26(24)32-28(31-25)34-16-18-37-19-17-34;3-2(4,5)1(6)7/h5-9,11-12,20H,3-4,10,13-19H2,1-2H3,(H,30,36);(H,6,7). The lowest BCUT2D eigenvalue weighted by molar-refractivity contribution is -0.192. The molecule has 14 heteroatoms. The Morgan fingerprint density at radius 3 is 2.36 bits per heavy atom. The summed E-state index contributed by atoms with van der Waals surface area (Å²) in [6.45, 7) is 11.3. The molecular weight excluding hydrogens is 579 g/mol. The van der Waals surface area contributed by atoms with Gasteiger partial charge in [-0.15, -0.1) is 0 Å². The highest BCUT2D eigenvalue weighted by atomic mass is 19.4. The Labute approximate surface area is 253 Å². The number of morpholine rings is 1. The summed E-state index contributed by atoms with van der Waals surface area (Å²) in [5.74, 6) is -1.20. The summed E-state index contributed by atoms with van der Waals surface area (Å²) in [5.41, 5.74) is 4.63. The van der Waals surface area contributed by atoms with Crippen molar-refractivity contribution in [1.82, 2.24) is 25.2 Å². The zero-order chi connectivity index (χ0) is 31.7. The fourth-order valence-corrected chi connectivity index (χ4v) is 4.94. The third kappa shape index (κ3) is 8.20. The van der Waals surface area contributed by atoms with E-state index in [1.54, 1.807) is 12.4 Å². The first kappa shape index (κ1) is 32.6. The number of aliphatic carboxylic acids is 1. The molecule has 236 valence electrons. The van der Waals surface area contributed by atoms with E-state index in [1.807, 2.05) is 36.4 Å². The average molecular weight is 616 g/mol. The number of carbonyl (C=O) groups excluding carboxylic acids is 1. The molecule has 1 amide bonds. The molecule has 3 aromatic rings. The maximum absolute atomic E-state index is 13.0. The van der Waals surface area contributed by atoms with Crippen LogP contribution in [0.25, 0.3) is 11.3 Å². The molecule has 0 atom stereocenters. The van der Waals surface area contributed by atoms with E-state index in [9.17, 15) is 18.0 Å². The summed E-state index contributed by atoms with van der Waals surface area (Å²) < 4.78 is 37.3. The van der Waals surface area contributed by atoms with Gasteiger partial charge < -0.3 is 29.9 Å². The molecule has 0 bridgehead atoms. The highest BCUT2D eigenvalue weighted by Crippen LogP contribution is 2.39.